The highest BCUT2D eigenvalue weighted by Crippen LogP contribution is 2.21. The summed E-state index contributed by atoms with van der Waals surface area (Å²) in [5, 5.41) is 12.1. The van der Waals surface area contributed by atoms with Gasteiger partial charge >= 0.3 is 0 Å². The van der Waals surface area contributed by atoms with E-state index in [1.165, 1.54) is 5.56 Å². The average Bonchev–Trinajstić information content (AvgIpc) is 3.49. The number of amides is 1. The van der Waals surface area contributed by atoms with Crippen molar-refractivity contribution in [2.75, 3.05) is 11.4 Å². The van der Waals surface area contributed by atoms with Gasteiger partial charge in [-0.05, 0) is 49.1 Å². The molecule has 0 aromatic heterocycles. The van der Waals surface area contributed by atoms with Gasteiger partial charge in [-0.1, -0.05) is 42.5 Å². The van der Waals surface area contributed by atoms with Crippen LogP contribution < -0.4 is 10.2 Å². The molecular weight excluding hydrogens is 322 g/mol. The minimum atomic E-state index is -0.279. The fraction of sp³-hybridized carbons (Fsp3) is 0.273. The molecule has 1 aliphatic rings. The minimum absolute atomic E-state index is 0.154. The van der Waals surface area contributed by atoms with Crippen LogP contribution in [0.25, 0.3) is 6.08 Å². The van der Waals surface area contributed by atoms with Gasteiger partial charge in [0.05, 0.1) is 0 Å². The molecule has 3 rings (SSSR count). The first-order valence-electron chi connectivity index (χ1n) is 9.01. The Hall–Kier alpha value is -3.06. The Bertz CT molecular complexity index is 815. The Morgan fingerprint density at radius 3 is 2.46 bits per heavy atom. The lowest BCUT2D eigenvalue weighted by molar-refractivity contribution is -0.117. The quantitative estimate of drug-likeness (QED) is 0.612. The number of nitrogens with zero attached hydrogens (tertiary/aromatic N) is 2. The zero-order chi connectivity index (χ0) is 18.4. The lowest BCUT2D eigenvalue weighted by Gasteiger charge is -2.23. The fourth-order valence-corrected chi connectivity index (χ4v) is 2.78. The number of hydrogen-bond acceptors (Lipinski definition) is 3. The maximum atomic E-state index is 12.0. The number of nitrogens with one attached hydrogen (secondary N) is 1. The van der Waals surface area contributed by atoms with Gasteiger partial charge in [-0.2, -0.15) is 5.26 Å². The van der Waals surface area contributed by atoms with Gasteiger partial charge < -0.3 is 10.2 Å². The minimum Gasteiger partial charge on any atom is -0.367 e. The van der Waals surface area contributed by atoms with E-state index in [2.05, 4.69) is 29.3 Å². The molecule has 0 atom stereocenters. The van der Waals surface area contributed by atoms with Gasteiger partial charge in [0.1, 0.15) is 11.6 Å². The first-order valence-corrected chi connectivity index (χ1v) is 9.01. The van der Waals surface area contributed by atoms with Gasteiger partial charge in [-0.15, -0.1) is 0 Å². The monoisotopic (exact) mass is 345 g/mol. The van der Waals surface area contributed by atoms with E-state index in [9.17, 15) is 10.1 Å². The van der Waals surface area contributed by atoms with Crippen molar-refractivity contribution in [3.63, 3.8) is 0 Å². The van der Waals surface area contributed by atoms with E-state index in [-0.39, 0.29) is 17.5 Å². The molecule has 0 spiro atoms. The van der Waals surface area contributed by atoms with Crippen LogP contribution in [-0.2, 0) is 11.3 Å². The van der Waals surface area contributed by atoms with Crippen LogP contribution in [0, 0.1) is 11.3 Å². The van der Waals surface area contributed by atoms with Crippen LogP contribution in [0.1, 0.15) is 30.9 Å². The zero-order valence-electron chi connectivity index (χ0n) is 15.0. The Labute approximate surface area is 154 Å². The van der Waals surface area contributed by atoms with Crippen molar-refractivity contribution in [2.45, 2.75) is 32.4 Å². The third kappa shape index (κ3) is 4.73. The fourth-order valence-electron chi connectivity index (χ4n) is 2.78. The number of carbonyl (C=O) groups is 1. The van der Waals surface area contributed by atoms with E-state index in [0.29, 0.717) is 0 Å². The number of nitriles is 1. The Morgan fingerprint density at radius 2 is 1.88 bits per heavy atom. The van der Waals surface area contributed by atoms with Gasteiger partial charge in [0.25, 0.3) is 5.91 Å². The van der Waals surface area contributed by atoms with Crippen molar-refractivity contribution in [3.05, 3.63) is 71.3 Å². The molecule has 0 unspecified atom stereocenters. The Morgan fingerprint density at radius 1 is 1.19 bits per heavy atom. The molecule has 1 saturated carbocycles. The standard InChI is InChI=1S/C22H23N3O/c1-2-25(16-18-6-4-3-5-7-18)21-12-8-17(9-13-21)14-19(15-23)22(26)24-20-10-11-20/h3-9,12-14,20H,2,10-11,16H2,1H3,(H,24,26)/b19-14+. The van der Waals surface area contributed by atoms with Gasteiger partial charge in [-0.3, -0.25) is 4.79 Å². The van der Waals surface area contributed by atoms with Crippen molar-refractivity contribution in [2.24, 2.45) is 0 Å². The maximum Gasteiger partial charge on any atom is 0.262 e. The largest absolute Gasteiger partial charge is 0.367 e. The number of carbonyl (C=O) groups excluding carboxylic acids is 1. The molecule has 4 nitrogen and oxygen atoms in total. The smallest absolute Gasteiger partial charge is 0.262 e. The second kappa shape index (κ2) is 8.35. The molecule has 0 bridgehead atoms. The second-order valence-corrected chi connectivity index (χ2v) is 6.51. The summed E-state index contributed by atoms with van der Waals surface area (Å²) in [4.78, 5) is 14.3. The molecule has 1 N–H and O–H groups in total. The first kappa shape index (κ1) is 17.8. The van der Waals surface area contributed by atoms with Crippen LogP contribution in [-0.4, -0.2) is 18.5 Å². The number of rotatable bonds is 7. The lowest BCUT2D eigenvalue weighted by Crippen LogP contribution is -2.26. The number of hydrogen-bond donors (Lipinski definition) is 1. The summed E-state index contributed by atoms with van der Waals surface area (Å²) in [5.41, 5.74) is 3.39. The zero-order valence-corrected chi connectivity index (χ0v) is 15.0. The van der Waals surface area contributed by atoms with Gasteiger partial charge in [0.15, 0.2) is 0 Å². The van der Waals surface area contributed by atoms with Crippen molar-refractivity contribution in [3.8, 4) is 6.07 Å². The predicted molar refractivity (Wildman–Crippen MR) is 104 cm³/mol. The molecule has 0 heterocycles. The van der Waals surface area contributed by atoms with Crippen molar-refractivity contribution >= 4 is 17.7 Å². The number of anilines is 1. The first-order chi connectivity index (χ1) is 12.7. The van der Waals surface area contributed by atoms with Gasteiger partial charge in [0, 0.05) is 24.8 Å². The normalized spacial score (nSPS) is 13.8. The summed E-state index contributed by atoms with van der Waals surface area (Å²) >= 11 is 0. The number of benzene rings is 2. The van der Waals surface area contributed by atoms with Crippen LogP contribution in [0.5, 0.6) is 0 Å². The lowest BCUT2D eigenvalue weighted by atomic mass is 10.1. The molecule has 132 valence electrons. The average molecular weight is 345 g/mol. The van der Waals surface area contributed by atoms with Gasteiger partial charge in [-0.25, -0.2) is 0 Å². The summed E-state index contributed by atoms with van der Waals surface area (Å²) < 4.78 is 0. The molecule has 2 aromatic rings. The third-order valence-corrected chi connectivity index (χ3v) is 4.44. The highest BCUT2D eigenvalue weighted by atomic mass is 16.1. The van der Waals surface area contributed by atoms with Crippen LogP contribution in [0.15, 0.2) is 60.2 Å². The summed E-state index contributed by atoms with van der Waals surface area (Å²) in [5.74, 6) is -0.279. The Balaban J connectivity index is 1.71. The molecule has 4 heteroatoms. The predicted octanol–water partition coefficient (Wildman–Crippen LogP) is 3.90. The molecule has 26 heavy (non-hydrogen) atoms. The molecule has 0 saturated heterocycles. The van der Waals surface area contributed by atoms with Crippen molar-refractivity contribution in [1.29, 1.82) is 5.26 Å². The van der Waals surface area contributed by atoms with Crippen LogP contribution in [0.4, 0.5) is 5.69 Å². The van der Waals surface area contributed by atoms with E-state index < -0.39 is 0 Å². The Kier molecular flexibility index (Phi) is 5.70. The van der Waals surface area contributed by atoms with Crippen molar-refractivity contribution < 1.29 is 4.79 Å². The highest BCUT2D eigenvalue weighted by molar-refractivity contribution is 6.02. The van der Waals surface area contributed by atoms with Crippen molar-refractivity contribution in [1.82, 2.24) is 5.32 Å². The molecule has 2 aromatic carbocycles. The molecular formula is C22H23N3O. The molecule has 1 fully saturated rings. The molecule has 1 aliphatic carbocycles. The summed E-state index contributed by atoms with van der Waals surface area (Å²) in [7, 11) is 0. The van der Waals surface area contributed by atoms with E-state index in [1.54, 1.807) is 6.08 Å². The molecule has 0 aliphatic heterocycles. The van der Waals surface area contributed by atoms with E-state index in [4.69, 9.17) is 0 Å². The maximum absolute atomic E-state index is 12.0. The summed E-state index contributed by atoms with van der Waals surface area (Å²) in [6, 6.07) is 20.6. The molecule has 1 amide bonds. The van der Waals surface area contributed by atoms with Crippen LogP contribution in [0.2, 0.25) is 0 Å². The third-order valence-electron chi connectivity index (χ3n) is 4.44. The topological polar surface area (TPSA) is 56.1 Å². The van der Waals surface area contributed by atoms with Crippen LogP contribution in [0.3, 0.4) is 0 Å². The summed E-state index contributed by atoms with van der Waals surface area (Å²) in [6.45, 7) is 3.88. The van der Waals surface area contributed by atoms with E-state index >= 15 is 0 Å². The van der Waals surface area contributed by atoms with E-state index in [1.807, 2.05) is 48.5 Å². The van der Waals surface area contributed by atoms with Gasteiger partial charge in [0.2, 0.25) is 0 Å². The van der Waals surface area contributed by atoms with Crippen LogP contribution >= 0.6 is 0 Å². The summed E-state index contributed by atoms with van der Waals surface area (Å²) in [6.07, 6.45) is 3.66. The second-order valence-electron chi connectivity index (χ2n) is 6.51. The highest BCUT2D eigenvalue weighted by Gasteiger charge is 2.24. The molecule has 0 radical (unpaired) electrons. The van der Waals surface area contributed by atoms with E-state index in [0.717, 1.165) is 37.2 Å². The SMILES string of the molecule is CCN(Cc1ccccc1)c1ccc(/C=C(\C#N)C(=O)NC2CC2)cc1.